The number of aromatic nitrogens is 1. The number of aliphatic hydroxyl groups excluding tert-OH is 1. The predicted molar refractivity (Wildman–Crippen MR) is 68.6 cm³/mol. The number of hydrogen-bond acceptors (Lipinski definition) is 3. The van der Waals surface area contributed by atoms with Crippen molar-refractivity contribution in [3.63, 3.8) is 0 Å². The second kappa shape index (κ2) is 5.69. The van der Waals surface area contributed by atoms with Gasteiger partial charge >= 0.3 is 0 Å². The summed E-state index contributed by atoms with van der Waals surface area (Å²) >= 11 is 1.92. The molecule has 1 aliphatic rings. The highest BCUT2D eigenvalue weighted by atomic mass is 32.2. The first-order valence-corrected chi connectivity index (χ1v) is 7.02. The van der Waals surface area contributed by atoms with Crippen LogP contribution in [0.15, 0.2) is 18.5 Å². The van der Waals surface area contributed by atoms with Gasteiger partial charge in [-0.2, -0.15) is 11.8 Å². The largest absolute Gasteiger partial charge is 0.387 e. The first-order valence-electron chi connectivity index (χ1n) is 5.97. The summed E-state index contributed by atoms with van der Waals surface area (Å²) in [6, 6.07) is 1.96. The van der Waals surface area contributed by atoms with E-state index in [4.69, 9.17) is 0 Å². The monoisotopic (exact) mass is 237 g/mol. The first-order chi connectivity index (χ1) is 7.77. The van der Waals surface area contributed by atoms with E-state index >= 15 is 0 Å². The molecule has 1 aromatic rings. The van der Waals surface area contributed by atoms with Gasteiger partial charge in [-0.1, -0.05) is 12.8 Å². The molecule has 1 aliphatic carbocycles. The van der Waals surface area contributed by atoms with Gasteiger partial charge in [0, 0.05) is 29.0 Å². The highest BCUT2D eigenvalue weighted by Gasteiger charge is 2.18. The van der Waals surface area contributed by atoms with Gasteiger partial charge in [0.15, 0.2) is 0 Å². The maximum Gasteiger partial charge on any atom is 0.0897 e. The molecule has 1 fully saturated rings. The fraction of sp³-hybridized carbons (Fsp3) is 0.615. The third-order valence-corrected chi connectivity index (χ3v) is 4.68. The molecule has 0 spiro atoms. The minimum absolute atomic E-state index is 0.362. The maximum absolute atomic E-state index is 10.1. The van der Waals surface area contributed by atoms with E-state index in [-0.39, 0.29) is 6.10 Å². The van der Waals surface area contributed by atoms with Gasteiger partial charge in [-0.3, -0.25) is 4.98 Å². The average molecular weight is 237 g/mol. The van der Waals surface area contributed by atoms with Crippen molar-refractivity contribution in [2.45, 2.75) is 44.0 Å². The van der Waals surface area contributed by atoms with Gasteiger partial charge in [0.2, 0.25) is 0 Å². The number of nitrogens with zero attached hydrogens (tertiary/aromatic N) is 1. The van der Waals surface area contributed by atoms with Crippen molar-refractivity contribution in [1.29, 1.82) is 0 Å². The van der Waals surface area contributed by atoms with E-state index in [9.17, 15) is 5.11 Å². The molecule has 1 N–H and O–H groups in total. The van der Waals surface area contributed by atoms with Crippen LogP contribution in [0.4, 0.5) is 0 Å². The molecule has 1 heterocycles. The zero-order valence-electron chi connectivity index (χ0n) is 9.72. The van der Waals surface area contributed by atoms with Crippen LogP contribution in [0.3, 0.4) is 0 Å². The van der Waals surface area contributed by atoms with Crippen molar-refractivity contribution in [2.24, 2.45) is 0 Å². The normalized spacial score (nSPS) is 18.9. The third kappa shape index (κ3) is 2.98. The van der Waals surface area contributed by atoms with Gasteiger partial charge in [0.25, 0.3) is 0 Å². The minimum atomic E-state index is -0.362. The van der Waals surface area contributed by atoms with Gasteiger partial charge in [0.1, 0.15) is 0 Å². The van der Waals surface area contributed by atoms with Crippen molar-refractivity contribution >= 4 is 11.8 Å². The van der Waals surface area contributed by atoms with Crippen LogP contribution in [0, 0.1) is 6.92 Å². The average Bonchev–Trinajstić information content (AvgIpc) is 2.79. The summed E-state index contributed by atoms with van der Waals surface area (Å²) in [6.45, 7) is 2.03. The van der Waals surface area contributed by atoms with Gasteiger partial charge in [-0.25, -0.2) is 0 Å². The van der Waals surface area contributed by atoms with E-state index < -0.39 is 0 Å². The van der Waals surface area contributed by atoms with Crippen molar-refractivity contribution in [1.82, 2.24) is 4.98 Å². The van der Waals surface area contributed by atoms with Crippen LogP contribution >= 0.6 is 11.8 Å². The second-order valence-electron chi connectivity index (χ2n) is 4.49. The molecule has 0 saturated heterocycles. The van der Waals surface area contributed by atoms with Crippen molar-refractivity contribution in [3.8, 4) is 0 Å². The molecular weight excluding hydrogens is 218 g/mol. The van der Waals surface area contributed by atoms with Crippen LogP contribution in [-0.2, 0) is 0 Å². The Morgan fingerprint density at radius 1 is 1.50 bits per heavy atom. The van der Waals surface area contributed by atoms with Crippen molar-refractivity contribution < 1.29 is 5.11 Å². The molecule has 0 amide bonds. The van der Waals surface area contributed by atoms with Gasteiger partial charge < -0.3 is 5.11 Å². The van der Waals surface area contributed by atoms with Crippen LogP contribution in [0.25, 0.3) is 0 Å². The van der Waals surface area contributed by atoms with Crippen molar-refractivity contribution in [2.75, 3.05) is 5.75 Å². The molecule has 88 valence electrons. The second-order valence-corrected chi connectivity index (χ2v) is 5.82. The van der Waals surface area contributed by atoms with E-state index in [2.05, 4.69) is 4.98 Å². The quantitative estimate of drug-likeness (QED) is 0.873. The Morgan fingerprint density at radius 2 is 2.25 bits per heavy atom. The molecule has 2 rings (SSSR count). The zero-order chi connectivity index (χ0) is 11.4. The number of pyridine rings is 1. The highest BCUT2D eigenvalue weighted by Crippen LogP contribution is 2.32. The zero-order valence-corrected chi connectivity index (χ0v) is 10.5. The van der Waals surface area contributed by atoms with Gasteiger partial charge in [-0.15, -0.1) is 0 Å². The number of hydrogen-bond donors (Lipinski definition) is 1. The van der Waals surface area contributed by atoms with Crippen LogP contribution in [0.2, 0.25) is 0 Å². The molecule has 1 aromatic heterocycles. The molecular formula is C13H19NOS. The summed E-state index contributed by atoms with van der Waals surface area (Å²) in [5.41, 5.74) is 2.11. The molecule has 3 heteroatoms. The standard InChI is InChI=1S/C13H19NOS/c1-10-6-7-14-8-12(10)13(15)9-16-11-4-2-3-5-11/h6-8,11,13,15H,2-5,9H2,1H3. The molecule has 0 bridgehead atoms. The molecule has 0 radical (unpaired) electrons. The summed E-state index contributed by atoms with van der Waals surface area (Å²) in [5.74, 6) is 0.803. The van der Waals surface area contributed by atoms with Crippen LogP contribution in [0.1, 0.15) is 42.9 Å². The molecule has 1 saturated carbocycles. The van der Waals surface area contributed by atoms with Crippen LogP contribution in [-0.4, -0.2) is 21.1 Å². The fourth-order valence-corrected chi connectivity index (χ4v) is 3.50. The number of rotatable bonds is 4. The van der Waals surface area contributed by atoms with Crippen molar-refractivity contribution in [3.05, 3.63) is 29.6 Å². The molecule has 16 heavy (non-hydrogen) atoms. The lowest BCUT2D eigenvalue weighted by Crippen LogP contribution is -2.06. The van der Waals surface area contributed by atoms with Crippen LogP contribution in [0.5, 0.6) is 0 Å². The Hall–Kier alpha value is -0.540. The number of aryl methyl sites for hydroxylation is 1. The topological polar surface area (TPSA) is 33.1 Å². The predicted octanol–water partition coefficient (Wildman–Crippen LogP) is 3.10. The number of aliphatic hydroxyl groups is 1. The highest BCUT2D eigenvalue weighted by molar-refractivity contribution is 7.99. The van der Waals surface area contributed by atoms with E-state index in [1.54, 1.807) is 12.4 Å². The van der Waals surface area contributed by atoms with Crippen LogP contribution < -0.4 is 0 Å². The Labute approximate surface area is 101 Å². The maximum atomic E-state index is 10.1. The Kier molecular flexibility index (Phi) is 4.24. The molecule has 1 atom stereocenters. The Morgan fingerprint density at radius 3 is 2.94 bits per heavy atom. The summed E-state index contributed by atoms with van der Waals surface area (Å²) in [6.07, 6.45) is 8.57. The number of thioether (sulfide) groups is 1. The minimum Gasteiger partial charge on any atom is -0.387 e. The van der Waals surface area contributed by atoms with E-state index in [0.717, 1.165) is 22.1 Å². The molecule has 0 aliphatic heterocycles. The van der Waals surface area contributed by atoms with Gasteiger partial charge in [0.05, 0.1) is 6.10 Å². The van der Waals surface area contributed by atoms with E-state index in [1.165, 1.54) is 25.7 Å². The summed E-state index contributed by atoms with van der Waals surface area (Å²) in [5, 5.41) is 10.9. The summed E-state index contributed by atoms with van der Waals surface area (Å²) in [7, 11) is 0. The van der Waals surface area contributed by atoms with E-state index in [0.29, 0.717) is 0 Å². The third-order valence-electron chi connectivity index (χ3n) is 3.23. The lowest BCUT2D eigenvalue weighted by Gasteiger charge is -2.15. The summed E-state index contributed by atoms with van der Waals surface area (Å²) in [4.78, 5) is 4.08. The lowest BCUT2D eigenvalue weighted by molar-refractivity contribution is 0.203. The first kappa shape index (κ1) is 11.9. The Bertz CT molecular complexity index is 336. The Balaban J connectivity index is 1.87. The molecule has 1 unspecified atom stereocenters. The van der Waals surface area contributed by atoms with Gasteiger partial charge in [-0.05, 0) is 31.4 Å². The molecule has 2 nitrogen and oxygen atoms in total. The molecule has 0 aromatic carbocycles. The smallest absolute Gasteiger partial charge is 0.0897 e. The SMILES string of the molecule is Cc1ccncc1C(O)CSC1CCCC1. The lowest BCUT2D eigenvalue weighted by atomic mass is 10.1. The summed E-state index contributed by atoms with van der Waals surface area (Å²) < 4.78 is 0. The fourth-order valence-electron chi connectivity index (χ4n) is 2.20. The van der Waals surface area contributed by atoms with E-state index in [1.807, 2.05) is 24.8 Å².